The maximum Gasteiger partial charge on any atom is 0.390 e. The van der Waals surface area contributed by atoms with E-state index in [2.05, 4.69) is 10.2 Å². The van der Waals surface area contributed by atoms with Crippen molar-refractivity contribution in [2.24, 2.45) is 0 Å². The molecule has 1 fully saturated rings. The van der Waals surface area contributed by atoms with Crippen LogP contribution in [0.3, 0.4) is 0 Å². The van der Waals surface area contributed by atoms with Gasteiger partial charge in [0.2, 0.25) is 0 Å². The van der Waals surface area contributed by atoms with Crippen LogP contribution in [-0.2, 0) is 0 Å². The van der Waals surface area contributed by atoms with Crippen molar-refractivity contribution < 1.29 is 9.72 Å². The topological polar surface area (TPSA) is 92.1 Å². The molecule has 0 bridgehead atoms. The Labute approximate surface area is 85.2 Å². The second kappa shape index (κ2) is 3.68. The van der Waals surface area contributed by atoms with Gasteiger partial charge in [0, 0.05) is 13.1 Å². The summed E-state index contributed by atoms with van der Waals surface area (Å²) in [5.41, 5.74) is 0.184. The van der Waals surface area contributed by atoms with E-state index in [-0.39, 0.29) is 17.4 Å². The van der Waals surface area contributed by atoms with Crippen LogP contribution in [0.1, 0.15) is 23.3 Å². The lowest BCUT2D eigenvalue weighted by Crippen LogP contribution is -2.27. The summed E-state index contributed by atoms with van der Waals surface area (Å²) < 4.78 is 0. The van der Waals surface area contributed by atoms with Gasteiger partial charge in [0.15, 0.2) is 5.69 Å². The summed E-state index contributed by atoms with van der Waals surface area (Å²) in [4.78, 5) is 23.1. The molecule has 1 N–H and O–H groups in total. The van der Waals surface area contributed by atoms with E-state index in [4.69, 9.17) is 0 Å². The highest BCUT2D eigenvalue weighted by atomic mass is 16.6. The van der Waals surface area contributed by atoms with Crippen LogP contribution in [0.25, 0.3) is 0 Å². The lowest BCUT2D eigenvalue weighted by atomic mass is 10.3. The van der Waals surface area contributed by atoms with Crippen molar-refractivity contribution in [3.05, 3.63) is 21.9 Å². The first-order valence-electron chi connectivity index (χ1n) is 4.67. The van der Waals surface area contributed by atoms with Crippen LogP contribution in [0.2, 0.25) is 0 Å². The van der Waals surface area contributed by atoms with E-state index in [0.29, 0.717) is 13.1 Å². The normalized spacial score (nSPS) is 15.6. The third kappa shape index (κ3) is 1.80. The molecule has 0 atom stereocenters. The Balaban J connectivity index is 2.14. The summed E-state index contributed by atoms with van der Waals surface area (Å²) in [6.45, 7) is 1.43. The Morgan fingerprint density at radius 1 is 1.53 bits per heavy atom. The molecule has 7 nitrogen and oxygen atoms in total. The monoisotopic (exact) mass is 210 g/mol. The number of rotatable bonds is 2. The Morgan fingerprint density at radius 2 is 2.20 bits per heavy atom. The van der Waals surface area contributed by atoms with Gasteiger partial charge in [0.05, 0.1) is 11.2 Å². The number of carbonyl (C=O) groups excluding carboxylic acids is 1. The summed E-state index contributed by atoms with van der Waals surface area (Å²) in [7, 11) is 0. The Morgan fingerprint density at radius 3 is 2.73 bits per heavy atom. The predicted molar refractivity (Wildman–Crippen MR) is 50.4 cm³/mol. The van der Waals surface area contributed by atoms with Gasteiger partial charge in [-0.2, -0.15) is 5.10 Å². The van der Waals surface area contributed by atoms with Gasteiger partial charge in [-0.15, -0.1) is 0 Å². The zero-order valence-electron chi connectivity index (χ0n) is 7.97. The number of amides is 1. The number of aromatic amines is 1. The van der Waals surface area contributed by atoms with Crippen LogP contribution in [0, 0.1) is 10.1 Å². The first-order chi connectivity index (χ1) is 7.18. The Hall–Kier alpha value is -1.92. The van der Waals surface area contributed by atoms with Crippen LogP contribution in [-0.4, -0.2) is 39.0 Å². The van der Waals surface area contributed by atoms with Crippen LogP contribution in [0.15, 0.2) is 6.07 Å². The molecule has 0 aromatic carbocycles. The standard InChI is InChI=1S/C8H10N4O3/c13-8(11-3-1-2-4-11)6-5-7(10-9-6)12(14)15/h5H,1-4H2,(H,9,10). The van der Waals surface area contributed by atoms with Gasteiger partial charge in [-0.3, -0.25) is 4.79 Å². The number of nitrogens with one attached hydrogen (secondary N) is 1. The molecule has 1 aromatic heterocycles. The third-order valence-corrected chi connectivity index (χ3v) is 2.38. The zero-order valence-corrected chi connectivity index (χ0v) is 7.97. The maximum atomic E-state index is 11.7. The molecule has 1 aromatic rings. The number of aromatic nitrogens is 2. The van der Waals surface area contributed by atoms with Crippen molar-refractivity contribution >= 4 is 11.7 Å². The van der Waals surface area contributed by atoms with E-state index in [1.165, 1.54) is 6.07 Å². The number of likely N-dealkylation sites (tertiary alicyclic amines) is 1. The second-order valence-corrected chi connectivity index (χ2v) is 3.40. The minimum atomic E-state index is -0.628. The van der Waals surface area contributed by atoms with Crippen molar-refractivity contribution in [2.45, 2.75) is 12.8 Å². The van der Waals surface area contributed by atoms with E-state index in [0.717, 1.165) is 12.8 Å². The number of carbonyl (C=O) groups is 1. The lowest BCUT2D eigenvalue weighted by molar-refractivity contribution is -0.389. The molecule has 1 aliphatic heterocycles. The number of nitrogens with zero attached hydrogens (tertiary/aromatic N) is 3. The Bertz CT molecular complexity index is 394. The number of nitro groups is 1. The smallest absolute Gasteiger partial charge is 0.358 e. The van der Waals surface area contributed by atoms with Gasteiger partial charge < -0.3 is 15.0 Å². The van der Waals surface area contributed by atoms with Gasteiger partial charge >= 0.3 is 5.82 Å². The molecule has 0 saturated carbocycles. The average molecular weight is 210 g/mol. The van der Waals surface area contributed by atoms with Crippen molar-refractivity contribution in [2.75, 3.05) is 13.1 Å². The molecule has 1 amide bonds. The molecule has 1 saturated heterocycles. The molecule has 1 aliphatic rings. The SMILES string of the molecule is O=C(c1cc([N+](=O)[O-])n[nH]1)N1CCCC1. The Kier molecular flexibility index (Phi) is 2.36. The molecule has 0 unspecified atom stereocenters. The molecule has 7 heteroatoms. The molecular weight excluding hydrogens is 200 g/mol. The highest BCUT2D eigenvalue weighted by Gasteiger charge is 2.24. The van der Waals surface area contributed by atoms with E-state index in [1.54, 1.807) is 4.90 Å². The fraction of sp³-hybridized carbons (Fsp3) is 0.500. The predicted octanol–water partition coefficient (Wildman–Crippen LogP) is 0.554. The minimum absolute atomic E-state index is 0.184. The van der Waals surface area contributed by atoms with Gasteiger partial charge in [-0.1, -0.05) is 0 Å². The maximum absolute atomic E-state index is 11.7. The first-order valence-corrected chi connectivity index (χ1v) is 4.67. The minimum Gasteiger partial charge on any atom is -0.358 e. The molecule has 2 rings (SSSR count). The molecule has 0 spiro atoms. The highest BCUT2D eigenvalue weighted by Crippen LogP contribution is 2.14. The summed E-state index contributed by atoms with van der Waals surface area (Å²) in [5, 5.41) is 16.2. The van der Waals surface area contributed by atoms with Crippen molar-refractivity contribution in [3.63, 3.8) is 0 Å². The van der Waals surface area contributed by atoms with Crippen LogP contribution in [0.5, 0.6) is 0 Å². The van der Waals surface area contributed by atoms with Crippen LogP contribution < -0.4 is 0 Å². The summed E-state index contributed by atoms with van der Waals surface area (Å²) in [6, 6.07) is 1.17. The molecule has 80 valence electrons. The van der Waals surface area contributed by atoms with E-state index in [9.17, 15) is 14.9 Å². The van der Waals surface area contributed by atoms with Crippen LogP contribution >= 0.6 is 0 Å². The van der Waals surface area contributed by atoms with E-state index < -0.39 is 4.92 Å². The number of hydrogen-bond acceptors (Lipinski definition) is 4. The largest absolute Gasteiger partial charge is 0.390 e. The first kappa shape index (κ1) is 9.63. The molecule has 0 aliphatic carbocycles. The average Bonchev–Trinajstić information content (AvgIpc) is 2.88. The lowest BCUT2D eigenvalue weighted by Gasteiger charge is -2.12. The third-order valence-electron chi connectivity index (χ3n) is 2.38. The number of H-pyrrole nitrogens is 1. The molecule has 0 radical (unpaired) electrons. The quantitative estimate of drug-likeness (QED) is 0.570. The molecule has 2 heterocycles. The van der Waals surface area contributed by atoms with Crippen molar-refractivity contribution in [1.29, 1.82) is 0 Å². The van der Waals surface area contributed by atoms with Gasteiger partial charge in [0.25, 0.3) is 5.91 Å². The molecule has 15 heavy (non-hydrogen) atoms. The van der Waals surface area contributed by atoms with Crippen molar-refractivity contribution in [1.82, 2.24) is 15.1 Å². The highest BCUT2D eigenvalue weighted by molar-refractivity contribution is 5.92. The second-order valence-electron chi connectivity index (χ2n) is 3.40. The van der Waals surface area contributed by atoms with Gasteiger partial charge in [-0.25, -0.2) is 0 Å². The van der Waals surface area contributed by atoms with Gasteiger partial charge in [0.1, 0.15) is 0 Å². The van der Waals surface area contributed by atoms with Crippen molar-refractivity contribution in [3.8, 4) is 0 Å². The number of hydrogen-bond donors (Lipinski definition) is 1. The van der Waals surface area contributed by atoms with Gasteiger partial charge in [-0.05, 0) is 17.8 Å². The van der Waals surface area contributed by atoms with E-state index in [1.807, 2.05) is 0 Å². The summed E-state index contributed by atoms with van der Waals surface area (Å²) in [5.74, 6) is -0.536. The fourth-order valence-corrected chi connectivity index (χ4v) is 1.60. The zero-order chi connectivity index (χ0) is 10.8. The fourth-order valence-electron chi connectivity index (χ4n) is 1.60. The molecular formula is C8H10N4O3. The summed E-state index contributed by atoms with van der Waals surface area (Å²) in [6.07, 6.45) is 1.98. The summed E-state index contributed by atoms with van der Waals surface area (Å²) >= 11 is 0. The van der Waals surface area contributed by atoms with E-state index >= 15 is 0 Å². The van der Waals surface area contributed by atoms with Crippen LogP contribution in [0.4, 0.5) is 5.82 Å².